The van der Waals surface area contributed by atoms with E-state index in [4.69, 9.17) is 9.47 Å². The molecule has 1 aliphatic heterocycles. The molecule has 12 heavy (non-hydrogen) atoms. The average molecular weight is 229 g/mol. The molecule has 64 valence electrons. The maximum Gasteiger partial charge on any atom is 0.231 e. The number of aryl methyl sites for hydroxylation is 1. The summed E-state index contributed by atoms with van der Waals surface area (Å²) in [6.07, 6.45) is 0. The van der Waals surface area contributed by atoms with Crippen LogP contribution in [-0.2, 0) is 0 Å². The molecule has 0 amide bonds. The Kier molecular flexibility index (Phi) is 1.76. The molecule has 0 N–H and O–H groups in total. The van der Waals surface area contributed by atoms with Gasteiger partial charge in [-0.25, -0.2) is 0 Å². The van der Waals surface area contributed by atoms with Gasteiger partial charge in [0.2, 0.25) is 6.79 Å². The molecule has 0 saturated heterocycles. The lowest BCUT2D eigenvalue weighted by Gasteiger charge is -2.05. The maximum atomic E-state index is 5.34. The Morgan fingerprint density at radius 1 is 1.25 bits per heavy atom. The molecule has 0 unspecified atom stereocenters. The normalized spacial score (nSPS) is 13.6. The van der Waals surface area contributed by atoms with Crippen molar-refractivity contribution in [2.24, 2.45) is 0 Å². The lowest BCUT2D eigenvalue weighted by molar-refractivity contribution is 0.173. The molecule has 1 aliphatic rings. The number of halogens is 1. The molecule has 0 bridgehead atoms. The lowest BCUT2D eigenvalue weighted by atomic mass is 10.1. The van der Waals surface area contributed by atoms with Crippen molar-refractivity contribution in [1.82, 2.24) is 0 Å². The molecular formula is C9H9BrO2. The van der Waals surface area contributed by atoms with Crippen LogP contribution in [0.25, 0.3) is 0 Å². The summed E-state index contributed by atoms with van der Waals surface area (Å²) in [4.78, 5) is 0. The van der Waals surface area contributed by atoms with Gasteiger partial charge in [0.1, 0.15) is 0 Å². The zero-order chi connectivity index (χ0) is 8.72. The quantitative estimate of drug-likeness (QED) is 0.680. The third-order valence-electron chi connectivity index (χ3n) is 2.01. The summed E-state index contributed by atoms with van der Waals surface area (Å²) in [7, 11) is 0. The van der Waals surface area contributed by atoms with Crippen LogP contribution in [0.15, 0.2) is 10.5 Å². The highest BCUT2D eigenvalue weighted by atomic mass is 79.9. The summed E-state index contributed by atoms with van der Waals surface area (Å²) in [5, 5.41) is 0. The third kappa shape index (κ3) is 1.00. The van der Waals surface area contributed by atoms with Crippen LogP contribution in [0.4, 0.5) is 0 Å². The highest BCUT2D eigenvalue weighted by Gasteiger charge is 2.19. The molecule has 3 heteroatoms. The van der Waals surface area contributed by atoms with E-state index in [1.165, 1.54) is 0 Å². The Balaban J connectivity index is 2.69. The van der Waals surface area contributed by atoms with Gasteiger partial charge in [0.25, 0.3) is 0 Å². The first-order valence-corrected chi connectivity index (χ1v) is 4.54. The van der Waals surface area contributed by atoms with Crippen LogP contribution in [0, 0.1) is 13.8 Å². The predicted molar refractivity (Wildman–Crippen MR) is 49.7 cm³/mol. The van der Waals surface area contributed by atoms with Crippen molar-refractivity contribution in [3.63, 3.8) is 0 Å². The molecule has 0 atom stereocenters. The summed E-state index contributed by atoms with van der Waals surface area (Å²) in [5.41, 5.74) is 2.22. The van der Waals surface area contributed by atoms with Gasteiger partial charge in [0, 0.05) is 10.0 Å². The average Bonchev–Trinajstić information content (AvgIpc) is 2.48. The number of hydrogen-bond donors (Lipinski definition) is 0. The largest absolute Gasteiger partial charge is 0.453 e. The van der Waals surface area contributed by atoms with Crippen molar-refractivity contribution in [3.8, 4) is 11.5 Å². The zero-order valence-corrected chi connectivity index (χ0v) is 8.56. The third-order valence-corrected chi connectivity index (χ3v) is 2.84. The number of fused-ring (bicyclic) bond motifs is 1. The highest BCUT2D eigenvalue weighted by Crippen LogP contribution is 2.41. The van der Waals surface area contributed by atoms with E-state index >= 15 is 0 Å². The second-order valence-electron chi connectivity index (χ2n) is 2.87. The topological polar surface area (TPSA) is 18.5 Å². The van der Waals surface area contributed by atoms with Crippen molar-refractivity contribution in [1.29, 1.82) is 0 Å². The standard InChI is InChI=1S/C9H9BrO2/c1-5-3-7(10)6(2)9-8(5)11-4-12-9/h3H,4H2,1-2H3. The number of ether oxygens (including phenoxy) is 2. The van der Waals surface area contributed by atoms with Crippen LogP contribution in [-0.4, -0.2) is 6.79 Å². The van der Waals surface area contributed by atoms with Gasteiger partial charge in [-0.1, -0.05) is 15.9 Å². The van der Waals surface area contributed by atoms with Crippen molar-refractivity contribution in [2.45, 2.75) is 13.8 Å². The molecule has 0 spiro atoms. The number of hydrogen-bond acceptors (Lipinski definition) is 2. The van der Waals surface area contributed by atoms with Gasteiger partial charge >= 0.3 is 0 Å². The van der Waals surface area contributed by atoms with Crippen LogP contribution in [0.5, 0.6) is 11.5 Å². The van der Waals surface area contributed by atoms with Crippen LogP contribution < -0.4 is 9.47 Å². The first-order valence-electron chi connectivity index (χ1n) is 3.75. The second-order valence-corrected chi connectivity index (χ2v) is 3.72. The first-order chi connectivity index (χ1) is 5.70. The van der Waals surface area contributed by atoms with E-state index in [0.29, 0.717) is 6.79 Å². The fourth-order valence-corrected chi connectivity index (χ4v) is 1.85. The molecule has 0 aromatic heterocycles. The highest BCUT2D eigenvalue weighted by molar-refractivity contribution is 9.10. The Bertz CT molecular complexity index is 334. The van der Waals surface area contributed by atoms with Gasteiger partial charge in [-0.05, 0) is 25.5 Å². The molecule has 1 heterocycles. The van der Waals surface area contributed by atoms with Gasteiger partial charge < -0.3 is 9.47 Å². The van der Waals surface area contributed by atoms with Crippen LogP contribution in [0.3, 0.4) is 0 Å². The fraction of sp³-hybridized carbons (Fsp3) is 0.333. The summed E-state index contributed by atoms with van der Waals surface area (Å²) >= 11 is 3.46. The Morgan fingerprint density at radius 3 is 2.67 bits per heavy atom. The number of benzene rings is 1. The molecule has 1 aromatic carbocycles. The SMILES string of the molecule is Cc1cc(Br)c(C)c2c1OCO2. The van der Waals surface area contributed by atoms with Crippen molar-refractivity contribution < 1.29 is 9.47 Å². The van der Waals surface area contributed by atoms with Crippen LogP contribution >= 0.6 is 15.9 Å². The van der Waals surface area contributed by atoms with E-state index in [9.17, 15) is 0 Å². The molecule has 1 aromatic rings. The zero-order valence-electron chi connectivity index (χ0n) is 6.98. The van der Waals surface area contributed by atoms with Gasteiger partial charge in [-0.3, -0.25) is 0 Å². The number of rotatable bonds is 0. The van der Waals surface area contributed by atoms with Gasteiger partial charge in [0.15, 0.2) is 11.5 Å². The second kappa shape index (κ2) is 2.66. The Hall–Kier alpha value is -0.700. The minimum absolute atomic E-state index is 0.341. The molecule has 2 rings (SSSR count). The maximum absolute atomic E-state index is 5.34. The van der Waals surface area contributed by atoms with Gasteiger partial charge in [-0.15, -0.1) is 0 Å². The smallest absolute Gasteiger partial charge is 0.231 e. The summed E-state index contributed by atoms with van der Waals surface area (Å²) < 4.78 is 11.7. The molecule has 0 radical (unpaired) electrons. The monoisotopic (exact) mass is 228 g/mol. The molecule has 2 nitrogen and oxygen atoms in total. The van der Waals surface area contributed by atoms with Gasteiger partial charge in [-0.2, -0.15) is 0 Å². The Labute approximate surface area is 79.6 Å². The fourth-order valence-electron chi connectivity index (χ4n) is 1.32. The Morgan fingerprint density at radius 2 is 1.92 bits per heavy atom. The van der Waals surface area contributed by atoms with Crippen molar-refractivity contribution in [2.75, 3.05) is 6.79 Å². The molecule has 0 aliphatic carbocycles. The summed E-state index contributed by atoms with van der Waals surface area (Å²) in [6, 6.07) is 2.04. The summed E-state index contributed by atoms with van der Waals surface area (Å²) in [6.45, 7) is 4.36. The molecule has 0 fully saturated rings. The molecular weight excluding hydrogens is 220 g/mol. The lowest BCUT2D eigenvalue weighted by Crippen LogP contribution is -1.93. The minimum Gasteiger partial charge on any atom is -0.453 e. The summed E-state index contributed by atoms with van der Waals surface area (Å²) in [5.74, 6) is 1.76. The van der Waals surface area contributed by atoms with E-state index in [1.807, 2.05) is 19.9 Å². The van der Waals surface area contributed by atoms with Crippen LogP contribution in [0.2, 0.25) is 0 Å². The van der Waals surface area contributed by atoms with E-state index in [-0.39, 0.29) is 0 Å². The van der Waals surface area contributed by atoms with E-state index in [2.05, 4.69) is 15.9 Å². The van der Waals surface area contributed by atoms with E-state index in [0.717, 1.165) is 27.1 Å². The molecule has 0 saturated carbocycles. The van der Waals surface area contributed by atoms with E-state index < -0.39 is 0 Å². The minimum atomic E-state index is 0.341. The van der Waals surface area contributed by atoms with Crippen molar-refractivity contribution in [3.05, 3.63) is 21.7 Å². The van der Waals surface area contributed by atoms with Crippen LogP contribution in [0.1, 0.15) is 11.1 Å². The van der Waals surface area contributed by atoms with Gasteiger partial charge in [0.05, 0.1) is 0 Å². The van der Waals surface area contributed by atoms with E-state index in [1.54, 1.807) is 0 Å². The van der Waals surface area contributed by atoms with Crippen molar-refractivity contribution >= 4 is 15.9 Å². The predicted octanol–water partition coefficient (Wildman–Crippen LogP) is 2.79. The first kappa shape index (κ1) is 7.92.